The molecule has 0 aromatic heterocycles. The zero-order valence-corrected chi connectivity index (χ0v) is 27.4. The van der Waals surface area contributed by atoms with Crippen molar-refractivity contribution < 1.29 is 29.0 Å². The molecule has 8 bridgehead atoms. The molecular formula is C36H38N4O6. The molecule has 6 aliphatic rings. The van der Waals surface area contributed by atoms with Crippen molar-refractivity contribution in [2.45, 2.75) is 66.9 Å². The second kappa shape index (κ2) is 11.7. The normalized spacial score (nSPS) is 25.8. The summed E-state index contributed by atoms with van der Waals surface area (Å²) in [6.07, 6.45) is 6.17. The van der Waals surface area contributed by atoms with Gasteiger partial charge in [0.2, 0.25) is 0 Å². The summed E-state index contributed by atoms with van der Waals surface area (Å²) in [5.41, 5.74) is 10.0. The number of Topliss-reactive ketones (excluding diaryl/α,β-unsaturated/α-hetero) is 1. The molecule has 5 aliphatic heterocycles. The lowest BCUT2D eigenvalue weighted by atomic mass is 9.83. The molecule has 1 N–H and O–H groups in total. The zero-order valence-electron chi connectivity index (χ0n) is 27.4. The summed E-state index contributed by atoms with van der Waals surface area (Å²) in [5, 5.41) is 10.8. The van der Waals surface area contributed by atoms with Crippen LogP contribution in [0.15, 0.2) is 100.0 Å². The highest BCUT2D eigenvalue weighted by molar-refractivity contribution is 6.42. The van der Waals surface area contributed by atoms with E-state index in [1.54, 1.807) is 6.92 Å². The topological polar surface area (TPSA) is 139 Å². The van der Waals surface area contributed by atoms with Crippen molar-refractivity contribution in [1.82, 2.24) is 0 Å². The highest BCUT2D eigenvalue weighted by atomic mass is 16.5. The number of carbonyl (C=O) groups excluding carboxylic acids is 3. The van der Waals surface area contributed by atoms with Crippen LogP contribution in [0.25, 0.3) is 0 Å². The van der Waals surface area contributed by atoms with Gasteiger partial charge in [0.1, 0.15) is 5.92 Å². The highest BCUT2D eigenvalue weighted by Crippen LogP contribution is 2.47. The molecule has 4 atom stereocenters. The molecule has 238 valence electrons. The Bertz CT molecular complexity index is 1870. The van der Waals surface area contributed by atoms with Crippen LogP contribution in [-0.4, -0.2) is 66.0 Å². The molecule has 0 unspecified atom stereocenters. The summed E-state index contributed by atoms with van der Waals surface area (Å²) in [6.45, 7) is 11.6. The van der Waals surface area contributed by atoms with E-state index in [9.17, 15) is 19.5 Å². The van der Waals surface area contributed by atoms with E-state index in [0.717, 1.165) is 34.5 Å². The quantitative estimate of drug-likeness (QED) is 0.325. The summed E-state index contributed by atoms with van der Waals surface area (Å²) in [5.74, 6) is -3.17. The number of allylic oxidation sites excluding steroid dienone is 9. The number of fused-ring (bicyclic) bond motifs is 4. The fourth-order valence-corrected chi connectivity index (χ4v) is 7.29. The first-order valence-electron chi connectivity index (χ1n) is 15.7. The van der Waals surface area contributed by atoms with Crippen LogP contribution >= 0.6 is 0 Å². The molecule has 1 saturated carbocycles. The Hall–Kier alpha value is -4.57. The van der Waals surface area contributed by atoms with Gasteiger partial charge in [-0.15, -0.1) is 0 Å². The Morgan fingerprint density at radius 1 is 0.913 bits per heavy atom. The van der Waals surface area contributed by atoms with Gasteiger partial charge in [0.25, 0.3) is 0 Å². The van der Waals surface area contributed by atoms with Crippen LogP contribution in [0.5, 0.6) is 0 Å². The van der Waals surface area contributed by atoms with Crippen molar-refractivity contribution in [2.24, 2.45) is 37.7 Å². The number of aliphatic hydroxyl groups is 1. The molecule has 0 spiro atoms. The number of aliphatic hydroxyl groups excluding tert-OH is 1. The minimum atomic E-state index is -1.22. The molecule has 1 fully saturated rings. The zero-order chi connectivity index (χ0) is 33.2. The van der Waals surface area contributed by atoms with Gasteiger partial charge in [-0.1, -0.05) is 13.8 Å². The van der Waals surface area contributed by atoms with Gasteiger partial charge < -0.3 is 14.6 Å². The molecule has 0 amide bonds. The number of esters is 2. The van der Waals surface area contributed by atoms with E-state index in [1.807, 2.05) is 45.9 Å². The number of ether oxygens (including phenoxy) is 2. The minimum absolute atomic E-state index is 0.129. The van der Waals surface area contributed by atoms with E-state index < -0.39 is 18.0 Å². The van der Waals surface area contributed by atoms with Crippen LogP contribution in [0, 0.1) is 17.8 Å². The monoisotopic (exact) mass is 622 g/mol. The Balaban J connectivity index is 1.68. The molecule has 0 aromatic rings. The summed E-state index contributed by atoms with van der Waals surface area (Å²) in [7, 11) is 2.61. The lowest BCUT2D eigenvalue weighted by Crippen LogP contribution is -2.25. The average Bonchev–Trinajstić information content (AvgIpc) is 3.76. The fourth-order valence-electron chi connectivity index (χ4n) is 7.29. The van der Waals surface area contributed by atoms with Gasteiger partial charge in [-0.25, -0.2) is 15.0 Å². The first kappa shape index (κ1) is 31.4. The van der Waals surface area contributed by atoms with Crippen LogP contribution in [0.4, 0.5) is 0 Å². The summed E-state index contributed by atoms with van der Waals surface area (Å²) < 4.78 is 10.1. The van der Waals surface area contributed by atoms with E-state index in [-0.39, 0.29) is 30.0 Å². The van der Waals surface area contributed by atoms with Crippen molar-refractivity contribution in [3.05, 3.63) is 80.0 Å². The molecule has 10 nitrogen and oxygen atoms in total. The van der Waals surface area contributed by atoms with Gasteiger partial charge >= 0.3 is 11.9 Å². The Kier molecular flexibility index (Phi) is 7.96. The van der Waals surface area contributed by atoms with Gasteiger partial charge in [0, 0.05) is 40.7 Å². The maximum Gasteiger partial charge on any atom is 0.321 e. The van der Waals surface area contributed by atoms with Crippen LogP contribution in [0.2, 0.25) is 0 Å². The molecule has 6 rings (SSSR count). The number of carbonyl (C=O) groups is 3. The largest absolute Gasteiger partial charge is 0.469 e. The minimum Gasteiger partial charge on any atom is -0.469 e. The number of ketones is 1. The van der Waals surface area contributed by atoms with E-state index in [2.05, 4.69) is 6.92 Å². The molecule has 46 heavy (non-hydrogen) atoms. The standard InChI is InChI=1S/C36H38N4O6/c1-9-20-15(2)22-14-27-29(19(6)41)17(4)24(38-27)12-23-16(3)21(10-11-28(42)45-7)33(39-23)31-32(36(44)46-8)35(43)30-18(5)25(40-34(30)31)13-26(20)37-22/h12-14,16,19,21,32,41H,9-11H2,1-8H3/t16-,19+,21-,32+/m0/s1. The van der Waals surface area contributed by atoms with Crippen LogP contribution in [-0.2, 0) is 23.9 Å². The van der Waals surface area contributed by atoms with Crippen molar-refractivity contribution in [2.75, 3.05) is 14.2 Å². The van der Waals surface area contributed by atoms with Crippen molar-refractivity contribution in [3.63, 3.8) is 0 Å². The smallest absolute Gasteiger partial charge is 0.321 e. The Morgan fingerprint density at radius 3 is 2.22 bits per heavy atom. The maximum absolute atomic E-state index is 14.1. The van der Waals surface area contributed by atoms with Gasteiger partial charge in [-0.3, -0.25) is 19.4 Å². The fraction of sp³-hybridized carbons (Fsp3) is 0.417. The summed E-state index contributed by atoms with van der Waals surface area (Å²) in [6, 6.07) is 0. The first-order valence-corrected chi connectivity index (χ1v) is 15.7. The second-order valence-electron chi connectivity index (χ2n) is 12.4. The Labute approximate surface area is 268 Å². The Morgan fingerprint density at radius 2 is 1.57 bits per heavy atom. The van der Waals surface area contributed by atoms with E-state index in [1.165, 1.54) is 14.2 Å². The predicted molar refractivity (Wildman–Crippen MR) is 176 cm³/mol. The van der Waals surface area contributed by atoms with Crippen LogP contribution < -0.4 is 0 Å². The third kappa shape index (κ3) is 4.78. The molecule has 0 aromatic carbocycles. The third-order valence-corrected chi connectivity index (χ3v) is 9.85. The lowest BCUT2D eigenvalue weighted by molar-refractivity contribution is -0.146. The van der Waals surface area contributed by atoms with E-state index in [4.69, 9.17) is 29.4 Å². The summed E-state index contributed by atoms with van der Waals surface area (Å²) in [4.78, 5) is 59.6. The number of hydrogen-bond donors (Lipinski definition) is 1. The molecule has 10 heteroatoms. The van der Waals surface area contributed by atoms with Gasteiger partial charge in [0.05, 0.1) is 60.2 Å². The molecular weight excluding hydrogens is 584 g/mol. The number of methoxy groups -OCH3 is 2. The van der Waals surface area contributed by atoms with Crippen LogP contribution in [0.1, 0.15) is 60.8 Å². The predicted octanol–water partition coefficient (Wildman–Crippen LogP) is 5.04. The molecule has 5 heterocycles. The lowest BCUT2D eigenvalue weighted by Gasteiger charge is -2.19. The second-order valence-corrected chi connectivity index (χ2v) is 12.4. The maximum atomic E-state index is 14.1. The van der Waals surface area contributed by atoms with Crippen molar-refractivity contribution in [1.29, 1.82) is 0 Å². The molecule has 0 saturated heterocycles. The first-order chi connectivity index (χ1) is 21.9. The van der Waals surface area contributed by atoms with E-state index in [0.29, 0.717) is 62.9 Å². The highest BCUT2D eigenvalue weighted by Gasteiger charge is 2.51. The average molecular weight is 623 g/mol. The van der Waals surface area contributed by atoms with Gasteiger partial charge in [0.15, 0.2) is 5.78 Å². The SMILES string of the molecule is CCC1=C(C)C2=CC3=NC(=CC4=NC(=C5C6=NC(=CC1=N2)C(C)=C6C(=O)[C@@H]5C(=O)OC)[C@@H](CCC(=O)OC)[C@@H]4C)C(C)=C3[C@@H](C)O. The van der Waals surface area contributed by atoms with Gasteiger partial charge in [-0.2, -0.15) is 0 Å². The number of nitrogens with zero attached hydrogens (tertiary/aromatic N) is 4. The van der Waals surface area contributed by atoms with Gasteiger partial charge in [-0.05, 0) is 81.1 Å². The van der Waals surface area contributed by atoms with Crippen LogP contribution in [0.3, 0.4) is 0 Å². The van der Waals surface area contributed by atoms with E-state index >= 15 is 0 Å². The van der Waals surface area contributed by atoms with Crippen molar-refractivity contribution >= 4 is 40.6 Å². The van der Waals surface area contributed by atoms with Crippen molar-refractivity contribution in [3.8, 4) is 0 Å². The number of hydrogen-bond acceptors (Lipinski definition) is 10. The molecule has 0 radical (unpaired) electrons. The third-order valence-electron chi connectivity index (χ3n) is 9.85. The molecule has 1 aliphatic carbocycles. The summed E-state index contributed by atoms with van der Waals surface area (Å²) >= 11 is 0. The number of rotatable bonds is 6. The number of aliphatic imine (C=N–C) groups is 4.